The number of benzene rings is 1. The molecule has 0 bridgehead atoms. The van der Waals surface area contributed by atoms with Gasteiger partial charge in [-0.25, -0.2) is 8.78 Å². The molecule has 2 N–H and O–H groups in total. The van der Waals surface area contributed by atoms with E-state index in [1.165, 1.54) is 18.2 Å². The molecule has 5 heteroatoms. The lowest BCUT2D eigenvalue weighted by atomic mass is 10.1. The molecule has 0 spiro atoms. The van der Waals surface area contributed by atoms with Crippen molar-refractivity contribution in [1.82, 2.24) is 0 Å². The number of hydrogen-bond donors (Lipinski definition) is 1. The van der Waals surface area contributed by atoms with Gasteiger partial charge in [-0.2, -0.15) is 0 Å². The van der Waals surface area contributed by atoms with Crippen molar-refractivity contribution in [2.24, 2.45) is 5.73 Å². The third-order valence-electron chi connectivity index (χ3n) is 1.63. The summed E-state index contributed by atoms with van der Waals surface area (Å²) in [6.07, 6.45) is 1.29. The summed E-state index contributed by atoms with van der Waals surface area (Å²) in [5.41, 5.74) is 5.28. The Labute approximate surface area is 95.5 Å². The largest absolute Gasteiger partial charge is 0.321 e. The lowest BCUT2D eigenvalue weighted by Crippen LogP contribution is -2.11. The summed E-state index contributed by atoms with van der Waals surface area (Å²) in [7, 11) is 0. The SMILES string of the molecule is C=C[C@H](N)c1c(F)cc(Br)cc1F.Cl. The minimum Gasteiger partial charge on any atom is -0.321 e. The molecule has 1 atom stereocenters. The van der Waals surface area contributed by atoms with Gasteiger partial charge in [-0.15, -0.1) is 19.0 Å². The van der Waals surface area contributed by atoms with Crippen molar-refractivity contribution in [3.8, 4) is 0 Å². The average Bonchev–Trinajstić information content (AvgIpc) is 2.02. The van der Waals surface area contributed by atoms with Crippen LogP contribution >= 0.6 is 28.3 Å². The molecular weight excluding hydrogens is 275 g/mol. The molecule has 0 saturated heterocycles. The fourth-order valence-electron chi connectivity index (χ4n) is 0.990. The monoisotopic (exact) mass is 283 g/mol. The van der Waals surface area contributed by atoms with E-state index in [9.17, 15) is 8.78 Å². The van der Waals surface area contributed by atoms with Gasteiger partial charge in [0.05, 0.1) is 6.04 Å². The Balaban J connectivity index is 0.00000169. The van der Waals surface area contributed by atoms with Gasteiger partial charge in [-0.1, -0.05) is 22.0 Å². The van der Waals surface area contributed by atoms with E-state index in [1.54, 1.807) is 0 Å². The zero-order valence-electron chi connectivity index (χ0n) is 7.14. The van der Waals surface area contributed by atoms with Gasteiger partial charge < -0.3 is 5.73 Å². The van der Waals surface area contributed by atoms with E-state index in [0.717, 1.165) is 0 Å². The molecule has 14 heavy (non-hydrogen) atoms. The molecule has 0 aliphatic rings. The van der Waals surface area contributed by atoms with E-state index < -0.39 is 17.7 Å². The summed E-state index contributed by atoms with van der Waals surface area (Å²) in [5.74, 6) is -1.33. The van der Waals surface area contributed by atoms with E-state index in [0.29, 0.717) is 4.47 Å². The highest BCUT2D eigenvalue weighted by molar-refractivity contribution is 9.10. The lowest BCUT2D eigenvalue weighted by Gasteiger charge is -2.09. The third kappa shape index (κ3) is 2.77. The fourth-order valence-corrected chi connectivity index (χ4v) is 1.39. The van der Waals surface area contributed by atoms with Crippen LogP contribution < -0.4 is 5.73 Å². The van der Waals surface area contributed by atoms with E-state index in [2.05, 4.69) is 22.5 Å². The van der Waals surface area contributed by atoms with Crippen LogP contribution in [0.4, 0.5) is 8.78 Å². The predicted molar refractivity (Wildman–Crippen MR) is 58.4 cm³/mol. The second-order valence-electron chi connectivity index (χ2n) is 2.54. The molecule has 1 nitrogen and oxygen atoms in total. The van der Waals surface area contributed by atoms with Gasteiger partial charge in [0.15, 0.2) is 0 Å². The number of rotatable bonds is 2. The van der Waals surface area contributed by atoms with Crippen LogP contribution in [-0.4, -0.2) is 0 Å². The predicted octanol–water partition coefficient (Wildman–Crippen LogP) is 3.33. The maximum Gasteiger partial charge on any atom is 0.132 e. The number of halogens is 4. The van der Waals surface area contributed by atoms with Gasteiger partial charge in [-0.05, 0) is 12.1 Å². The van der Waals surface area contributed by atoms with Gasteiger partial charge in [0.1, 0.15) is 11.6 Å². The quantitative estimate of drug-likeness (QED) is 0.828. The van der Waals surface area contributed by atoms with Crippen molar-refractivity contribution in [1.29, 1.82) is 0 Å². The summed E-state index contributed by atoms with van der Waals surface area (Å²) < 4.78 is 26.7. The number of hydrogen-bond acceptors (Lipinski definition) is 1. The Morgan fingerprint density at radius 1 is 1.36 bits per heavy atom. The minimum atomic E-state index is -0.812. The van der Waals surface area contributed by atoms with Crippen molar-refractivity contribution in [3.05, 3.63) is 46.5 Å². The highest BCUT2D eigenvalue weighted by Gasteiger charge is 2.14. The summed E-state index contributed by atoms with van der Waals surface area (Å²) in [5, 5.41) is 0. The van der Waals surface area contributed by atoms with Crippen LogP contribution in [0.2, 0.25) is 0 Å². The molecule has 0 saturated carbocycles. The molecule has 0 aliphatic heterocycles. The first kappa shape index (κ1) is 13.6. The summed E-state index contributed by atoms with van der Waals surface area (Å²) in [6.45, 7) is 3.37. The van der Waals surface area contributed by atoms with Crippen molar-refractivity contribution in [2.45, 2.75) is 6.04 Å². The maximum atomic E-state index is 13.2. The second-order valence-corrected chi connectivity index (χ2v) is 3.46. The normalized spacial score (nSPS) is 11.7. The Morgan fingerprint density at radius 2 is 1.79 bits per heavy atom. The molecule has 78 valence electrons. The van der Waals surface area contributed by atoms with Crippen molar-refractivity contribution in [2.75, 3.05) is 0 Å². The second kappa shape index (κ2) is 5.44. The molecule has 1 aromatic rings. The molecule has 0 radical (unpaired) electrons. The van der Waals surface area contributed by atoms with Gasteiger partial charge in [0.25, 0.3) is 0 Å². The highest BCUT2D eigenvalue weighted by Crippen LogP contribution is 2.23. The molecule has 0 aromatic heterocycles. The molecule has 1 aromatic carbocycles. The Bertz CT molecular complexity index is 321. The van der Waals surface area contributed by atoms with Crippen LogP contribution in [0.1, 0.15) is 11.6 Å². The molecule has 0 unspecified atom stereocenters. The third-order valence-corrected chi connectivity index (χ3v) is 2.09. The van der Waals surface area contributed by atoms with Gasteiger partial charge in [0.2, 0.25) is 0 Å². The first-order chi connectivity index (χ1) is 6.06. The van der Waals surface area contributed by atoms with Crippen LogP contribution in [0.15, 0.2) is 29.3 Å². The van der Waals surface area contributed by atoms with Crippen LogP contribution in [0.3, 0.4) is 0 Å². The molecule has 0 amide bonds. The van der Waals surface area contributed by atoms with E-state index in [1.807, 2.05) is 0 Å². The van der Waals surface area contributed by atoms with Gasteiger partial charge in [-0.3, -0.25) is 0 Å². The standard InChI is InChI=1S/C9H8BrF2N.ClH/c1-2-8(13)9-6(11)3-5(10)4-7(9)12;/h2-4,8H,1,13H2;1H/t8-;/m0./s1. The van der Waals surface area contributed by atoms with Crippen LogP contribution in [0, 0.1) is 11.6 Å². The van der Waals surface area contributed by atoms with E-state index in [4.69, 9.17) is 5.73 Å². The first-order valence-electron chi connectivity index (χ1n) is 3.59. The average molecular weight is 285 g/mol. The zero-order valence-corrected chi connectivity index (χ0v) is 9.54. The minimum absolute atomic E-state index is 0. The summed E-state index contributed by atoms with van der Waals surface area (Å²) >= 11 is 2.97. The Hall–Kier alpha value is -0.450. The van der Waals surface area contributed by atoms with E-state index in [-0.39, 0.29) is 18.0 Å². The van der Waals surface area contributed by atoms with Gasteiger partial charge >= 0.3 is 0 Å². The zero-order chi connectivity index (χ0) is 10.0. The van der Waals surface area contributed by atoms with Crippen LogP contribution in [0.5, 0.6) is 0 Å². The first-order valence-corrected chi connectivity index (χ1v) is 4.38. The Kier molecular flexibility index (Phi) is 5.26. The highest BCUT2D eigenvalue weighted by atomic mass is 79.9. The van der Waals surface area contributed by atoms with Crippen molar-refractivity contribution < 1.29 is 8.78 Å². The fraction of sp³-hybridized carbons (Fsp3) is 0.111. The smallest absolute Gasteiger partial charge is 0.132 e. The molecule has 1 rings (SSSR count). The number of nitrogens with two attached hydrogens (primary N) is 1. The molecular formula is C9H9BrClF2N. The van der Waals surface area contributed by atoms with Crippen molar-refractivity contribution in [3.63, 3.8) is 0 Å². The summed E-state index contributed by atoms with van der Waals surface area (Å²) in [4.78, 5) is 0. The van der Waals surface area contributed by atoms with Crippen LogP contribution in [-0.2, 0) is 0 Å². The van der Waals surface area contributed by atoms with Crippen molar-refractivity contribution >= 4 is 28.3 Å². The molecule has 0 fully saturated rings. The van der Waals surface area contributed by atoms with Gasteiger partial charge in [0, 0.05) is 10.0 Å². The van der Waals surface area contributed by atoms with Crippen LogP contribution in [0.25, 0.3) is 0 Å². The lowest BCUT2D eigenvalue weighted by molar-refractivity contribution is 0.545. The summed E-state index contributed by atoms with van der Waals surface area (Å²) in [6, 6.07) is 1.52. The molecule has 0 heterocycles. The Morgan fingerprint density at radius 3 is 2.14 bits per heavy atom. The molecule has 0 aliphatic carbocycles. The topological polar surface area (TPSA) is 26.0 Å². The van der Waals surface area contributed by atoms with E-state index >= 15 is 0 Å². The maximum absolute atomic E-state index is 13.2.